The molecule has 2 heteroatoms. The lowest BCUT2D eigenvalue weighted by molar-refractivity contribution is -0.159. The molecule has 1 aromatic carbocycles. The van der Waals surface area contributed by atoms with E-state index in [1.54, 1.807) is 0 Å². The topological polar surface area (TPSA) is 43.1 Å². The number of nitrogens with two attached hydrogens (primary N) is 1. The lowest BCUT2D eigenvalue weighted by Gasteiger charge is -2.66. The predicted octanol–water partition coefficient (Wildman–Crippen LogP) is 5.64. The second-order valence-electron chi connectivity index (χ2n) is 11.5. The number of hydrogen-bond donors (Lipinski definition) is 1. The van der Waals surface area contributed by atoms with Crippen molar-refractivity contribution in [3.63, 3.8) is 0 Å². The van der Waals surface area contributed by atoms with Crippen molar-refractivity contribution in [2.75, 3.05) is 6.54 Å². The van der Waals surface area contributed by atoms with Gasteiger partial charge in [-0.25, -0.2) is 0 Å². The third kappa shape index (κ3) is 3.07. The van der Waals surface area contributed by atoms with Gasteiger partial charge in [-0.2, -0.15) is 0 Å². The van der Waals surface area contributed by atoms with Crippen LogP contribution in [0.3, 0.4) is 0 Å². The van der Waals surface area contributed by atoms with Crippen molar-refractivity contribution in [1.29, 1.82) is 0 Å². The first-order valence-electron chi connectivity index (χ1n) is 11.7. The largest absolute Gasteiger partial charge is 0.330 e. The number of carbonyl (C=O) groups excluding carboxylic acids is 1. The van der Waals surface area contributed by atoms with Crippen LogP contribution in [-0.2, 0) is 10.2 Å². The van der Waals surface area contributed by atoms with Crippen LogP contribution in [0, 0.1) is 28.6 Å². The Morgan fingerprint density at radius 1 is 0.964 bits per heavy atom. The predicted molar refractivity (Wildman–Crippen MR) is 114 cm³/mol. The van der Waals surface area contributed by atoms with E-state index in [1.807, 2.05) is 0 Å². The molecule has 0 heterocycles. The molecular formula is C26H37NO. The molecule has 1 aromatic rings. The molecule has 5 aliphatic rings. The summed E-state index contributed by atoms with van der Waals surface area (Å²) in [6.45, 7) is 3.31. The first-order valence-corrected chi connectivity index (χ1v) is 11.7. The molecule has 0 amide bonds. The van der Waals surface area contributed by atoms with Gasteiger partial charge in [-0.1, -0.05) is 37.3 Å². The van der Waals surface area contributed by atoms with E-state index in [1.165, 1.54) is 56.9 Å². The van der Waals surface area contributed by atoms with E-state index in [9.17, 15) is 4.79 Å². The Morgan fingerprint density at radius 3 is 2.36 bits per heavy atom. The normalized spacial score (nSPS) is 44.6. The lowest BCUT2D eigenvalue weighted by Crippen LogP contribution is -2.60. The van der Waals surface area contributed by atoms with E-state index in [0.717, 1.165) is 31.7 Å². The zero-order valence-corrected chi connectivity index (χ0v) is 17.6. The Labute approximate surface area is 170 Å². The SMILES string of the molecule is CC12CC3CC(C(=O)CC4CCC(CN)CC4)(C1)CC(c1ccccc1)(C3)C2. The lowest BCUT2D eigenvalue weighted by atomic mass is 9.38. The van der Waals surface area contributed by atoms with Gasteiger partial charge in [0.05, 0.1) is 0 Å². The van der Waals surface area contributed by atoms with Gasteiger partial charge in [0.15, 0.2) is 0 Å². The number of ketones is 1. The fourth-order valence-corrected chi connectivity index (χ4v) is 8.50. The second-order valence-corrected chi connectivity index (χ2v) is 11.5. The highest BCUT2D eigenvalue weighted by Crippen LogP contribution is 2.70. The Kier molecular flexibility index (Phi) is 4.50. The van der Waals surface area contributed by atoms with Crippen LogP contribution in [0.4, 0.5) is 0 Å². The average molecular weight is 380 g/mol. The van der Waals surface area contributed by atoms with Crippen molar-refractivity contribution < 1.29 is 4.79 Å². The quantitative estimate of drug-likeness (QED) is 0.719. The van der Waals surface area contributed by atoms with Gasteiger partial charge in [-0.05, 0) is 105 Å². The van der Waals surface area contributed by atoms with Gasteiger partial charge in [0.1, 0.15) is 5.78 Å². The zero-order chi connectivity index (χ0) is 19.4. The number of hydrogen-bond acceptors (Lipinski definition) is 2. The number of benzene rings is 1. The van der Waals surface area contributed by atoms with Crippen molar-refractivity contribution >= 4 is 5.78 Å². The maximum absolute atomic E-state index is 13.8. The molecule has 0 spiro atoms. The number of Topliss-reactive ketones (excluding diaryl/α,β-unsaturated/α-hetero) is 1. The van der Waals surface area contributed by atoms with Crippen LogP contribution in [0.25, 0.3) is 0 Å². The highest BCUT2D eigenvalue weighted by Gasteiger charge is 2.64. The van der Waals surface area contributed by atoms with Gasteiger partial charge in [-0.15, -0.1) is 0 Å². The molecule has 2 nitrogen and oxygen atoms in total. The fourth-order valence-electron chi connectivity index (χ4n) is 8.50. The molecule has 28 heavy (non-hydrogen) atoms. The Balaban J connectivity index is 1.39. The second kappa shape index (κ2) is 6.69. The molecule has 0 aromatic heterocycles. The summed E-state index contributed by atoms with van der Waals surface area (Å²) < 4.78 is 0. The van der Waals surface area contributed by atoms with E-state index in [0.29, 0.717) is 23.0 Å². The monoisotopic (exact) mass is 379 g/mol. The summed E-state index contributed by atoms with van der Waals surface area (Å²) >= 11 is 0. The fraction of sp³-hybridized carbons (Fsp3) is 0.731. The van der Waals surface area contributed by atoms with Crippen LogP contribution < -0.4 is 5.73 Å². The van der Waals surface area contributed by atoms with Crippen LogP contribution >= 0.6 is 0 Å². The van der Waals surface area contributed by atoms with Crippen LogP contribution in [-0.4, -0.2) is 12.3 Å². The molecule has 0 radical (unpaired) electrons. The van der Waals surface area contributed by atoms with Crippen molar-refractivity contribution in [3.8, 4) is 0 Å². The molecular weight excluding hydrogens is 342 g/mol. The van der Waals surface area contributed by atoms with Gasteiger partial charge in [0.25, 0.3) is 0 Å². The molecule has 5 saturated carbocycles. The summed E-state index contributed by atoms with van der Waals surface area (Å²) in [6.07, 6.45) is 13.1. The summed E-state index contributed by atoms with van der Waals surface area (Å²) in [7, 11) is 0. The average Bonchev–Trinajstić information content (AvgIpc) is 2.67. The molecule has 0 aliphatic heterocycles. The molecule has 5 aliphatic carbocycles. The van der Waals surface area contributed by atoms with Crippen molar-refractivity contribution in [2.24, 2.45) is 34.3 Å². The molecule has 5 fully saturated rings. The molecule has 0 saturated heterocycles. The summed E-state index contributed by atoms with van der Waals surface area (Å²) in [5, 5.41) is 0. The third-order valence-electron chi connectivity index (χ3n) is 9.10. The zero-order valence-electron chi connectivity index (χ0n) is 17.6. The number of rotatable bonds is 5. The van der Waals surface area contributed by atoms with Gasteiger partial charge in [0, 0.05) is 11.8 Å². The molecule has 4 unspecified atom stereocenters. The molecule has 2 N–H and O–H groups in total. The summed E-state index contributed by atoms with van der Waals surface area (Å²) in [6, 6.07) is 11.2. The highest BCUT2D eigenvalue weighted by molar-refractivity contribution is 5.86. The molecule has 6 rings (SSSR count). The minimum Gasteiger partial charge on any atom is -0.330 e. The van der Waals surface area contributed by atoms with E-state index in [2.05, 4.69) is 37.3 Å². The smallest absolute Gasteiger partial charge is 0.139 e. The van der Waals surface area contributed by atoms with E-state index in [-0.39, 0.29) is 10.8 Å². The van der Waals surface area contributed by atoms with E-state index < -0.39 is 0 Å². The van der Waals surface area contributed by atoms with Crippen LogP contribution in [0.2, 0.25) is 0 Å². The van der Waals surface area contributed by atoms with Gasteiger partial charge < -0.3 is 5.73 Å². The van der Waals surface area contributed by atoms with Crippen molar-refractivity contribution in [2.45, 2.75) is 83.0 Å². The maximum atomic E-state index is 13.8. The van der Waals surface area contributed by atoms with Crippen molar-refractivity contribution in [1.82, 2.24) is 0 Å². The standard InChI is InChI=1S/C26H37NO/c1-24-12-21-13-25(16-24,22-5-3-2-4-6-22)18-26(14-21,17-24)23(28)11-19-7-9-20(15-27)10-8-19/h2-6,19-21H,7-18,27H2,1H3. The first-order chi connectivity index (χ1) is 13.4. The van der Waals surface area contributed by atoms with Crippen molar-refractivity contribution in [3.05, 3.63) is 35.9 Å². The number of carbonyl (C=O) groups is 1. The van der Waals surface area contributed by atoms with E-state index in [4.69, 9.17) is 5.73 Å². The summed E-state index contributed by atoms with van der Waals surface area (Å²) in [5.41, 5.74) is 7.96. The van der Waals surface area contributed by atoms with Gasteiger partial charge in [-0.3, -0.25) is 4.79 Å². The van der Waals surface area contributed by atoms with E-state index >= 15 is 0 Å². The van der Waals surface area contributed by atoms with Gasteiger partial charge in [0.2, 0.25) is 0 Å². The van der Waals surface area contributed by atoms with Crippen LogP contribution in [0.5, 0.6) is 0 Å². The molecule has 4 atom stereocenters. The van der Waals surface area contributed by atoms with Gasteiger partial charge >= 0.3 is 0 Å². The summed E-state index contributed by atoms with van der Waals surface area (Å²) in [5.74, 6) is 2.69. The Morgan fingerprint density at radius 2 is 1.68 bits per heavy atom. The highest BCUT2D eigenvalue weighted by atomic mass is 16.1. The molecule has 152 valence electrons. The minimum absolute atomic E-state index is 0.0330. The molecule has 4 bridgehead atoms. The Bertz CT molecular complexity index is 736. The Hall–Kier alpha value is -1.15. The summed E-state index contributed by atoms with van der Waals surface area (Å²) in [4.78, 5) is 13.8. The maximum Gasteiger partial charge on any atom is 0.139 e. The van der Waals surface area contributed by atoms with Crippen LogP contribution in [0.15, 0.2) is 30.3 Å². The minimum atomic E-state index is -0.0330. The first kappa shape index (κ1) is 18.9. The van der Waals surface area contributed by atoms with Crippen LogP contribution in [0.1, 0.15) is 83.1 Å². The third-order valence-corrected chi connectivity index (χ3v) is 9.10.